The molecule has 0 fully saturated rings. The number of benzene rings is 2. The molecule has 0 unspecified atom stereocenters. The zero-order valence-corrected chi connectivity index (χ0v) is 24.1. The highest BCUT2D eigenvalue weighted by molar-refractivity contribution is 5.89. The summed E-state index contributed by atoms with van der Waals surface area (Å²) in [7, 11) is 1.80. The van der Waals surface area contributed by atoms with Crippen LogP contribution in [0.5, 0.6) is 0 Å². The van der Waals surface area contributed by atoms with Gasteiger partial charge in [-0.05, 0) is 54.3 Å². The van der Waals surface area contributed by atoms with Gasteiger partial charge >= 0.3 is 11.8 Å². The van der Waals surface area contributed by atoms with E-state index < -0.39 is 17.4 Å². The summed E-state index contributed by atoms with van der Waals surface area (Å²) < 4.78 is 18.8. The van der Waals surface area contributed by atoms with Crippen LogP contribution < -0.4 is 5.82 Å². The summed E-state index contributed by atoms with van der Waals surface area (Å²) in [5.41, 5.74) is 2.71. The van der Waals surface area contributed by atoms with E-state index in [-0.39, 0.29) is 29.5 Å². The summed E-state index contributed by atoms with van der Waals surface area (Å²) in [5.74, 6) is 0.0819. The lowest BCUT2D eigenvalue weighted by Crippen LogP contribution is -2.23. The molecule has 0 aliphatic carbocycles. The zero-order valence-electron chi connectivity index (χ0n) is 24.1. The quantitative estimate of drug-likeness (QED) is 0.241. The zero-order chi connectivity index (χ0) is 30.0. The first kappa shape index (κ1) is 28.7. The fraction of sp³-hybridized carbons (Fsp3) is 0.333. The Morgan fingerprint density at radius 3 is 2.38 bits per heavy atom. The molecule has 0 aliphatic heterocycles. The molecule has 0 saturated heterocycles. The van der Waals surface area contributed by atoms with Gasteiger partial charge in [0, 0.05) is 25.6 Å². The van der Waals surface area contributed by atoms with Crippen molar-refractivity contribution in [2.24, 2.45) is 7.05 Å². The van der Waals surface area contributed by atoms with Crippen LogP contribution in [0.15, 0.2) is 62.2 Å². The maximum Gasteiger partial charge on any atom is 0.519 e. The van der Waals surface area contributed by atoms with Gasteiger partial charge in [0.25, 0.3) is 0 Å². The van der Waals surface area contributed by atoms with Crippen molar-refractivity contribution in [1.29, 1.82) is 0 Å². The molecule has 2 aromatic carbocycles. The molecule has 12 nitrogen and oxygen atoms in total. The smallest absolute Gasteiger partial charge is 0.453 e. The Morgan fingerprint density at radius 1 is 1.07 bits per heavy atom. The average molecular weight is 573 g/mol. The first-order chi connectivity index (χ1) is 20.1. The van der Waals surface area contributed by atoms with Gasteiger partial charge in [0.05, 0.1) is 0 Å². The van der Waals surface area contributed by atoms with Crippen LogP contribution >= 0.6 is 0 Å². The van der Waals surface area contributed by atoms with Gasteiger partial charge in [-0.2, -0.15) is 0 Å². The number of hydrogen-bond donors (Lipinski definition) is 1. The molecule has 3 heterocycles. The summed E-state index contributed by atoms with van der Waals surface area (Å²) in [5, 5.41) is 22.8. The molecular weight excluding hydrogens is 540 g/mol. The van der Waals surface area contributed by atoms with E-state index in [1.54, 1.807) is 37.1 Å². The minimum absolute atomic E-state index is 0.117. The monoisotopic (exact) mass is 572 g/mol. The lowest BCUT2D eigenvalue weighted by molar-refractivity contribution is 0.0395. The van der Waals surface area contributed by atoms with Crippen LogP contribution in [-0.2, 0) is 37.0 Å². The minimum atomic E-state index is -1.41. The highest BCUT2D eigenvalue weighted by Crippen LogP contribution is 2.31. The van der Waals surface area contributed by atoms with Gasteiger partial charge in [-0.1, -0.05) is 55.5 Å². The Labute approximate surface area is 241 Å². The van der Waals surface area contributed by atoms with Gasteiger partial charge in [-0.25, -0.2) is 19.3 Å². The maximum absolute atomic E-state index is 13.5. The molecule has 0 spiro atoms. The van der Waals surface area contributed by atoms with Crippen LogP contribution in [0.2, 0.25) is 0 Å². The van der Waals surface area contributed by atoms with Gasteiger partial charge in [0.2, 0.25) is 0 Å². The number of aromatic nitrogens is 6. The first-order valence-corrected chi connectivity index (χ1v) is 13.6. The van der Waals surface area contributed by atoms with Crippen molar-refractivity contribution in [3.05, 3.63) is 93.4 Å². The molecule has 0 saturated carbocycles. The number of aryl methyl sites for hydroxylation is 3. The lowest BCUT2D eigenvalue weighted by Gasteiger charge is -2.18. The van der Waals surface area contributed by atoms with Crippen molar-refractivity contribution in [1.82, 2.24) is 29.8 Å². The fourth-order valence-electron chi connectivity index (χ4n) is 4.78. The molecular formula is C30H32N6O6. The third-order valence-corrected chi connectivity index (χ3v) is 6.86. The number of esters is 1. The second kappa shape index (κ2) is 11.6. The van der Waals surface area contributed by atoms with E-state index in [1.165, 1.54) is 0 Å². The number of carbonyl (C=O) groups excluding carboxylic acids is 1. The molecule has 5 rings (SSSR count). The summed E-state index contributed by atoms with van der Waals surface area (Å²) in [6, 6.07) is 15.9. The highest BCUT2D eigenvalue weighted by atomic mass is 16.6. The summed E-state index contributed by atoms with van der Waals surface area (Å²) >= 11 is 0. The summed E-state index contributed by atoms with van der Waals surface area (Å²) in [6.07, 6.45) is 1.37. The fourth-order valence-corrected chi connectivity index (χ4v) is 4.78. The van der Waals surface area contributed by atoms with E-state index in [4.69, 9.17) is 13.6 Å². The number of aliphatic hydroxyl groups is 1. The summed E-state index contributed by atoms with van der Waals surface area (Å²) in [4.78, 5) is 29.6. The molecule has 0 amide bonds. The lowest BCUT2D eigenvalue weighted by atomic mass is 9.98. The molecule has 218 valence electrons. The number of nitrogens with zero attached hydrogens (tertiary/aromatic N) is 6. The van der Waals surface area contributed by atoms with Crippen molar-refractivity contribution in [3.63, 3.8) is 0 Å². The number of ether oxygens (including phenoxy) is 1. The largest absolute Gasteiger partial charge is 0.519 e. The third kappa shape index (κ3) is 5.79. The second-order valence-electron chi connectivity index (χ2n) is 10.5. The predicted molar refractivity (Wildman–Crippen MR) is 151 cm³/mol. The van der Waals surface area contributed by atoms with E-state index in [9.17, 15) is 14.7 Å². The van der Waals surface area contributed by atoms with Crippen LogP contribution in [-0.4, -0.2) is 40.8 Å². The molecule has 42 heavy (non-hydrogen) atoms. The topological polar surface area (TPSA) is 151 Å². The van der Waals surface area contributed by atoms with Crippen LogP contribution in [0.4, 0.5) is 0 Å². The second-order valence-corrected chi connectivity index (χ2v) is 10.5. The van der Waals surface area contributed by atoms with Crippen LogP contribution in [0.25, 0.3) is 22.5 Å². The molecule has 0 bridgehead atoms. The number of rotatable bonds is 10. The number of carbonyl (C=O) groups is 1. The molecule has 12 heteroatoms. The Kier molecular flexibility index (Phi) is 7.90. The van der Waals surface area contributed by atoms with Crippen molar-refractivity contribution in [3.8, 4) is 22.5 Å². The first-order valence-electron chi connectivity index (χ1n) is 13.6. The van der Waals surface area contributed by atoms with Gasteiger partial charge in [-0.3, -0.25) is 0 Å². The Bertz CT molecular complexity index is 1770. The van der Waals surface area contributed by atoms with Crippen molar-refractivity contribution < 1.29 is 23.5 Å². The van der Waals surface area contributed by atoms with Crippen molar-refractivity contribution >= 4 is 5.97 Å². The van der Waals surface area contributed by atoms with Gasteiger partial charge in [-0.15, -0.1) is 5.10 Å². The van der Waals surface area contributed by atoms with E-state index in [0.29, 0.717) is 24.6 Å². The van der Waals surface area contributed by atoms with Gasteiger partial charge in [0.15, 0.2) is 29.6 Å². The number of hydrogen-bond acceptors (Lipinski definition) is 10. The Morgan fingerprint density at radius 2 is 1.79 bits per heavy atom. The number of imidazole rings is 1. The standard InChI is InChI=1S/C30H32N6O6/c1-6-9-24-31-26(30(3,4)39)25(28(37)40-17-23-18(2)41-29(38)42-23)36(24)16-19-12-14-20(15-13-19)21-10-7-8-11-22(21)27-32-33-34-35(27)5/h7-8,10-15,39H,6,9,16-17H2,1-5H3. The van der Waals surface area contributed by atoms with E-state index >= 15 is 0 Å². The third-order valence-electron chi connectivity index (χ3n) is 6.86. The highest BCUT2D eigenvalue weighted by Gasteiger charge is 2.33. The van der Waals surface area contributed by atoms with Crippen molar-refractivity contribution in [2.75, 3.05) is 0 Å². The Balaban J connectivity index is 1.48. The van der Waals surface area contributed by atoms with E-state index in [1.807, 2.05) is 55.5 Å². The average Bonchev–Trinajstić information content (AvgIpc) is 3.64. The molecule has 1 N–H and O–H groups in total. The van der Waals surface area contributed by atoms with Crippen molar-refractivity contribution in [2.45, 2.75) is 59.3 Å². The van der Waals surface area contributed by atoms with Gasteiger partial charge in [0.1, 0.15) is 17.1 Å². The van der Waals surface area contributed by atoms with Crippen LogP contribution in [0, 0.1) is 6.92 Å². The Hall–Kier alpha value is -4.84. The van der Waals surface area contributed by atoms with Crippen LogP contribution in [0.3, 0.4) is 0 Å². The minimum Gasteiger partial charge on any atom is -0.453 e. The predicted octanol–water partition coefficient (Wildman–Crippen LogP) is 4.18. The molecule has 0 atom stereocenters. The van der Waals surface area contributed by atoms with E-state index in [2.05, 4.69) is 20.5 Å². The summed E-state index contributed by atoms with van der Waals surface area (Å²) in [6.45, 7) is 6.73. The SMILES string of the molecule is CCCc1nc(C(C)(C)O)c(C(=O)OCc2oc(=O)oc2C)n1Cc1ccc(-c2ccccc2-c2nnnn2C)cc1. The van der Waals surface area contributed by atoms with E-state index in [0.717, 1.165) is 28.7 Å². The maximum atomic E-state index is 13.5. The molecule has 5 aromatic rings. The molecule has 0 radical (unpaired) electrons. The molecule has 0 aliphatic rings. The van der Waals surface area contributed by atoms with Crippen LogP contribution in [0.1, 0.15) is 66.3 Å². The number of tetrazole rings is 1. The normalized spacial score (nSPS) is 11.7. The van der Waals surface area contributed by atoms with Gasteiger partial charge < -0.3 is 23.2 Å². The molecule has 3 aromatic heterocycles.